The highest BCUT2D eigenvalue weighted by molar-refractivity contribution is 7.47. The van der Waals surface area contributed by atoms with Crippen LogP contribution in [0.2, 0.25) is 0 Å². The lowest BCUT2D eigenvalue weighted by Gasteiger charge is -2.21. The standard InChI is InChI=1S/C77H150O17P2/c1-8-10-11-12-13-14-15-16-17-18-19-24-30-39-46-53-60-76(81)93-72(64-87-74(79)58-51-44-37-29-23-21-20-22-27-34-41-48-55-68(3)4)66-91-95(83,84)89-62-71(78)63-90-96(85,86)92-67-73(65-88-75(80)59-52-45-38-33-32-36-43-50-57-70(7)9-2)94-77(82)61-54-47-40-31-26-25-28-35-42-49-56-69(5)6/h68-73,78H,8-67H2,1-7H3,(H,83,84)(H,85,86)/t70?,71-,72-,73-/m1/s1. The van der Waals surface area contributed by atoms with Crippen molar-refractivity contribution in [2.24, 2.45) is 17.8 Å². The second-order valence-electron chi connectivity index (χ2n) is 28.9. The molecule has 3 N–H and O–H groups in total. The first-order chi connectivity index (χ1) is 46.3. The minimum atomic E-state index is -4.96. The van der Waals surface area contributed by atoms with E-state index in [9.17, 15) is 43.2 Å². The summed E-state index contributed by atoms with van der Waals surface area (Å²) in [5.74, 6) is 0.196. The molecule has 0 fully saturated rings. The van der Waals surface area contributed by atoms with Gasteiger partial charge in [-0.1, -0.05) is 344 Å². The van der Waals surface area contributed by atoms with Gasteiger partial charge in [-0.15, -0.1) is 0 Å². The van der Waals surface area contributed by atoms with E-state index >= 15 is 0 Å². The molecule has 19 heteroatoms. The second kappa shape index (κ2) is 67.5. The van der Waals surface area contributed by atoms with Gasteiger partial charge in [0.1, 0.15) is 19.3 Å². The van der Waals surface area contributed by atoms with Crippen molar-refractivity contribution >= 4 is 39.5 Å². The molecule has 0 aromatic heterocycles. The monoisotopic (exact) mass is 1410 g/mol. The molecule has 0 rings (SSSR count). The number of hydrogen-bond donors (Lipinski definition) is 3. The van der Waals surface area contributed by atoms with E-state index in [1.165, 1.54) is 205 Å². The number of aliphatic hydroxyl groups excluding tert-OH is 1. The molecule has 0 heterocycles. The summed E-state index contributed by atoms with van der Waals surface area (Å²) in [5.41, 5.74) is 0. The number of phosphoric acid groups is 2. The quantitative estimate of drug-likeness (QED) is 0.0222. The van der Waals surface area contributed by atoms with Crippen LogP contribution in [-0.4, -0.2) is 96.7 Å². The molecule has 17 nitrogen and oxygen atoms in total. The largest absolute Gasteiger partial charge is 0.472 e. The van der Waals surface area contributed by atoms with Gasteiger partial charge in [0, 0.05) is 25.7 Å². The zero-order chi connectivity index (χ0) is 70.9. The Balaban J connectivity index is 5.27. The number of esters is 4. The van der Waals surface area contributed by atoms with Crippen LogP contribution < -0.4 is 0 Å². The van der Waals surface area contributed by atoms with Crippen LogP contribution in [0, 0.1) is 17.8 Å². The number of ether oxygens (including phenoxy) is 4. The molecule has 0 radical (unpaired) electrons. The Morgan fingerprint density at radius 1 is 0.302 bits per heavy atom. The van der Waals surface area contributed by atoms with Crippen LogP contribution in [0.5, 0.6) is 0 Å². The van der Waals surface area contributed by atoms with Crippen LogP contribution in [0.25, 0.3) is 0 Å². The molecule has 0 aliphatic heterocycles. The Hall–Kier alpha value is -1.94. The van der Waals surface area contributed by atoms with Crippen LogP contribution in [0.3, 0.4) is 0 Å². The van der Waals surface area contributed by atoms with Crippen molar-refractivity contribution in [2.75, 3.05) is 39.6 Å². The molecular formula is C77H150O17P2. The average Bonchev–Trinajstić information content (AvgIpc) is 1.24. The molecule has 0 amide bonds. The molecule has 0 aromatic rings. The van der Waals surface area contributed by atoms with E-state index in [0.717, 1.165) is 108 Å². The van der Waals surface area contributed by atoms with Gasteiger partial charge in [0.2, 0.25) is 0 Å². The Kier molecular flexibility index (Phi) is 66.2. The van der Waals surface area contributed by atoms with Crippen molar-refractivity contribution in [3.8, 4) is 0 Å². The van der Waals surface area contributed by atoms with Crippen molar-refractivity contribution in [3.63, 3.8) is 0 Å². The normalized spacial score (nSPS) is 14.3. The van der Waals surface area contributed by atoms with Gasteiger partial charge in [0.05, 0.1) is 26.4 Å². The molecule has 0 aromatic carbocycles. The van der Waals surface area contributed by atoms with E-state index in [1.807, 2.05) is 0 Å². The Morgan fingerprint density at radius 2 is 0.531 bits per heavy atom. The third-order valence-electron chi connectivity index (χ3n) is 18.2. The first kappa shape index (κ1) is 94.1. The highest BCUT2D eigenvalue weighted by atomic mass is 31.2. The molecule has 0 spiro atoms. The predicted molar refractivity (Wildman–Crippen MR) is 391 cm³/mol. The van der Waals surface area contributed by atoms with Crippen LogP contribution in [-0.2, 0) is 65.4 Å². The van der Waals surface area contributed by atoms with Gasteiger partial charge in [-0.3, -0.25) is 37.3 Å². The Morgan fingerprint density at radius 3 is 0.792 bits per heavy atom. The highest BCUT2D eigenvalue weighted by Crippen LogP contribution is 2.45. The van der Waals surface area contributed by atoms with Gasteiger partial charge < -0.3 is 33.8 Å². The number of carbonyl (C=O) groups is 4. The maximum atomic E-state index is 13.1. The SMILES string of the molecule is CCCCCCCCCCCCCCCCCCC(=O)O[C@H](COC(=O)CCCCCCCCCCCCCCC(C)C)COP(=O)(O)OC[C@@H](O)COP(=O)(O)OC[C@@H](COC(=O)CCCCCCCCCCC(C)CC)OC(=O)CCCCCCCCCCCCC(C)C. The minimum absolute atomic E-state index is 0.105. The molecule has 6 atom stereocenters. The van der Waals surface area contributed by atoms with Gasteiger partial charge in [-0.2, -0.15) is 0 Å². The number of unbranched alkanes of at least 4 members (excludes halogenated alkanes) is 42. The predicted octanol–water partition coefficient (Wildman–Crippen LogP) is 22.6. The molecule has 0 saturated carbocycles. The lowest BCUT2D eigenvalue weighted by Crippen LogP contribution is -2.30. The van der Waals surface area contributed by atoms with E-state index in [0.29, 0.717) is 25.7 Å². The summed E-state index contributed by atoms with van der Waals surface area (Å²) in [6.45, 7) is 11.9. The van der Waals surface area contributed by atoms with E-state index in [2.05, 4.69) is 48.5 Å². The zero-order valence-electron chi connectivity index (χ0n) is 62.8. The summed E-state index contributed by atoms with van der Waals surface area (Å²) in [7, 11) is -9.92. The first-order valence-corrected chi connectivity index (χ1v) is 42.9. The van der Waals surface area contributed by atoms with Gasteiger partial charge >= 0.3 is 39.5 Å². The lowest BCUT2D eigenvalue weighted by molar-refractivity contribution is -0.161. The number of rotatable bonds is 75. The highest BCUT2D eigenvalue weighted by Gasteiger charge is 2.30. The van der Waals surface area contributed by atoms with E-state index in [1.54, 1.807) is 0 Å². The fourth-order valence-electron chi connectivity index (χ4n) is 11.7. The maximum absolute atomic E-state index is 13.1. The van der Waals surface area contributed by atoms with E-state index in [-0.39, 0.29) is 25.7 Å². The summed E-state index contributed by atoms with van der Waals surface area (Å²) in [6.07, 6.45) is 53.9. The van der Waals surface area contributed by atoms with Gasteiger partial charge in [-0.05, 0) is 43.4 Å². The zero-order valence-corrected chi connectivity index (χ0v) is 64.6. The van der Waals surface area contributed by atoms with Crippen LogP contribution in [0.4, 0.5) is 0 Å². The Labute approximate surface area is 588 Å². The maximum Gasteiger partial charge on any atom is 0.472 e. The smallest absolute Gasteiger partial charge is 0.462 e. The third kappa shape index (κ3) is 69.2. The summed E-state index contributed by atoms with van der Waals surface area (Å²) in [5, 5.41) is 10.6. The summed E-state index contributed by atoms with van der Waals surface area (Å²) in [4.78, 5) is 72.9. The summed E-state index contributed by atoms with van der Waals surface area (Å²) >= 11 is 0. The van der Waals surface area contributed by atoms with Crippen LogP contribution in [0.15, 0.2) is 0 Å². The van der Waals surface area contributed by atoms with Crippen molar-refractivity contribution in [1.29, 1.82) is 0 Å². The molecule has 0 saturated heterocycles. The van der Waals surface area contributed by atoms with Gasteiger partial charge in [-0.25, -0.2) is 9.13 Å². The third-order valence-corrected chi connectivity index (χ3v) is 20.1. The van der Waals surface area contributed by atoms with Gasteiger partial charge in [0.25, 0.3) is 0 Å². The number of aliphatic hydroxyl groups is 1. The lowest BCUT2D eigenvalue weighted by atomic mass is 9.99. The number of hydrogen-bond acceptors (Lipinski definition) is 15. The molecule has 3 unspecified atom stereocenters. The van der Waals surface area contributed by atoms with Crippen molar-refractivity contribution in [2.45, 2.75) is 414 Å². The van der Waals surface area contributed by atoms with E-state index < -0.39 is 97.5 Å². The minimum Gasteiger partial charge on any atom is -0.462 e. The topological polar surface area (TPSA) is 237 Å². The number of phosphoric ester groups is 2. The summed E-state index contributed by atoms with van der Waals surface area (Å²) < 4.78 is 68.6. The molecule has 96 heavy (non-hydrogen) atoms. The van der Waals surface area contributed by atoms with Crippen LogP contribution >= 0.6 is 15.6 Å². The first-order valence-electron chi connectivity index (χ1n) is 39.9. The molecular weight excluding hydrogens is 1260 g/mol. The van der Waals surface area contributed by atoms with Crippen molar-refractivity contribution in [1.82, 2.24) is 0 Å². The number of carbonyl (C=O) groups excluding carboxylic acids is 4. The molecule has 570 valence electrons. The van der Waals surface area contributed by atoms with Crippen molar-refractivity contribution in [3.05, 3.63) is 0 Å². The average molecular weight is 1410 g/mol. The fourth-order valence-corrected chi connectivity index (χ4v) is 13.3. The van der Waals surface area contributed by atoms with Crippen LogP contribution in [0.1, 0.15) is 395 Å². The molecule has 0 aliphatic carbocycles. The fraction of sp³-hybridized carbons (Fsp3) is 0.948. The molecule has 0 aliphatic rings. The van der Waals surface area contributed by atoms with Gasteiger partial charge in [0.15, 0.2) is 12.2 Å². The molecule has 0 bridgehead atoms. The second-order valence-corrected chi connectivity index (χ2v) is 31.8. The van der Waals surface area contributed by atoms with E-state index in [4.69, 9.17) is 37.0 Å². The van der Waals surface area contributed by atoms with Crippen molar-refractivity contribution < 1.29 is 80.2 Å². The Bertz CT molecular complexity index is 1870. The summed E-state index contributed by atoms with van der Waals surface area (Å²) in [6, 6.07) is 0.